The molecule has 2 N–H and O–H groups in total. The van der Waals surface area contributed by atoms with Gasteiger partial charge in [-0.25, -0.2) is 9.18 Å². The van der Waals surface area contributed by atoms with E-state index < -0.39 is 18.1 Å². The molecule has 1 heterocycles. The Morgan fingerprint density at radius 3 is 2.37 bits per heavy atom. The molecule has 0 bridgehead atoms. The molecule has 144 valence electrons. The first-order valence-electron chi connectivity index (χ1n) is 8.58. The Bertz CT molecular complexity index is 756. The topological polar surface area (TPSA) is 72.6 Å². The third-order valence-electron chi connectivity index (χ3n) is 4.18. The van der Waals surface area contributed by atoms with Crippen LogP contribution in [0.15, 0.2) is 59.1 Å². The maximum Gasteiger partial charge on any atom is 0.410 e. The van der Waals surface area contributed by atoms with Gasteiger partial charge >= 0.3 is 6.09 Å². The van der Waals surface area contributed by atoms with Crippen LogP contribution in [0.4, 0.5) is 9.18 Å². The van der Waals surface area contributed by atoms with Crippen molar-refractivity contribution in [1.29, 1.82) is 0 Å². The Morgan fingerprint density at radius 1 is 1.26 bits per heavy atom. The number of amides is 2. The number of cyclic esters (lactones) is 1. The van der Waals surface area contributed by atoms with Crippen LogP contribution in [0.3, 0.4) is 0 Å². The second-order valence-corrected chi connectivity index (χ2v) is 7.10. The number of ether oxygens (including phenoxy) is 1. The molecule has 3 rings (SSSR count). The Kier molecular flexibility index (Phi) is 7.79. The zero-order valence-electron chi connectivity index (χ0n) is 15.0. The summed E-state index contributed by atoms with van der Waals surface area (Å²) >= 11 is 3.38. The van der Waals surface area contributed by atoms with Crippen LogP contribution in [0, 0.1) is 5.82 Å². The second kappa shape index (κ2) is 10.1. The highest BCUT2D eigenvalue weighted by Crippen LogP contribution is 2.26. The number of benzene rings is 2. The van der Waals surface area contributed by atoms with Gasteiger partial charge in [0.05, 0.1) is 12.5 Å². The van der Waals surface area contributed by atoms with Gasteiger partial charge in [-0.2, -0.15) is 0 Å². The number of halogens is 2. The maximum absolute atomic E-state index is 12.0. The van der Waals surface area contributed by atoms with Crippen LogP contribution in [0.25, 0.3) is 0 Å². The van der Waals surface area contributed by atoms with Crippen LogP contribution >= 0.6 is 15.9 Å². The number of carbonyl (C=O) groups is 2. The molecule has 2 aromatic carbocycles. The van der Waals surface area contributed by atoms with E-state index >= 15 is 0 Å². The lowest BCUT2D eigenvalue weighted by atomic mass is 10.1. The molecule has 2 amide bonds. The van der Waals surface area contributed by atoms with Gasteiger partial charge in [0.2, 0.25) is 5.91 Å². The van der Waals surface area contributed by atoms with Crippen LogP contribution in [-0.2, 0) is 9.53 Å². The van der Waals surface area contributed by atoms with E-state index in [1.54, 1.807) is 23.1 Å². The molecule has 7 heteroatoms. The molecular weight excluding hydrogens is 415 g/mol. The van der Waals surface area contributed by atoms with Gasteiger partial charge < -0.3 is 15.4 Å². The fraction of sp³-hybridized carbons (Fsp3) is 0.300. The number of hydrogen-bond donors (Lipinski definition) is 1. The van der Waals surface area contributed by atoms with Crippen molar-refractivity contribution >= 4 is 27.9 Å². The summed E-state index contributed by atoms with van der Waals surface area (Å²) in [5.41, 5.74) is 6.16. The van der Waals surface area contributed by atoms with Crippen molar-refractivity contribution in [3.63, 3.8) is 0 Å². The molecule has 27 heavy (non-hydrogen) atoms. The van der Waals surface area contributed by atoms with E-state index in [-0.39, 0.29) is 18.3 Å². The molecule has 1 saturated heterocycles. The van der Waals surface area contributed by atoms with Gasteiger partial charge in [0.15, 0.2) is 0 Å². The van der Waals surface area contributed by atoms with Crippen LogP contribution in [0.5, 0.6) is 0 Å². The van der Waals surface area contributed by atoms with E-state index in [1.165, 1.54) is 12.1 Å². The first-order chi connectivity index (χ1) is 12.9. The van der Waals surface area contributed by atoms with Crippen molar-refractivity contribution < 1.29 is 18.7 Å². The van der Waals surface area contributed by atoms with E-state index in [1.807, 2.05) is 31.2 Å². The Balaban J connectivity index is 0.000000313. The number of nitrogens with zero attached hydrogens (tertiary/aromatic N) is 1. The number of primary amides is 1. The molecule has 5 nitrogen and oxygen atoms in total. The number of carbonyl (C=O) groups excluding carboxylic acids is 2. The summed E-state index contributed by atoms with van der Waals surface area (Å²) in [7, 11) is 0. The van der Waals surface area contributed by atoms with Crippen molar-refractivity contribution in [2.45, 2.75) is 31.9 Å². The highest BCUT2D eigenvalue weighted by atomic mass is 79.9. The average molecular weight is 437 g/mol. The lowest BCUT2D eigenvalue weighted by Gasteiger charge is -2.35. The summed E-state index contributed by atoms with van der Waals surface area (Å²) in [4.78, 5) is 24.5. The number of rotatable bonds is 4. The van der Waals surface area contributed by atoms with Gasteiger partial charge in [-0.05, 0) is 36.8 Å². The van der Waals surface area contributed by atoms with E-state index in [0.29, 0.717) is 13.0 Å². The zero-order chi connectivity index (χ0) is 19.8. The quantitative estimate of drug-likeness (QED) is 0.770. The molecule has 0 saturated carbocycles. The second-order valence-electron chi connectivity index (χ2n) is 6.18. The zero-order valence-corrected chi connectivity index (χ0v) is 16.6. The smallest absolute Gasteiger partial charge is 0.410 e. The number of nitrogens with two attached hydrogens (primary N) is 1. The van der Waals surface area contributed by atoms with Crippen LogP contribution < -0.4 is 5.73 Å². The van der Waals surface area contributed by atoms with Gasteiger partial charge in [-0.1, -0.05) is 46.3 Å². The van der Waals surface area contributed by atoms with Crippen LogP contribution in [-0.4, -0.2) is 29.5 Å². The summed E-state index contributed by atoms with van der Waals surface area (Å²) in [5, 5.41) is 0. The average Bonchev–Trinajstić information content (AvgIpc) is 2.63. The van der Waals surface area contributed by atoms with Gasteiger partial charge in [0.25, 0.3) is 0 Å². The fourth-order valence-corrected chi connectivity index (χ4v) is 2.96. The molecule has 2 atom stereocenters. The minimum atomic E-state index is -0.447. The van der Waals surface area contributed by atoms with E-state index in [0.717, 1.165) is 10.0 Å². The van der Waals surface area contributed by atoms with Crippen molar-refractivity contribution in [3.8, 4) is 0 Å². The molecule has 1 fully saturated rings. The predicted molar refractivity (Wildman–Crippen MR) is 104 cm³/mol. The summed E-state index contributed by atoms with van der Waals surface area (Å²) in [5.74, 6) is -0.625. The molecule has 0 aromatic heterocycles. The monoisotopic (exact) mass is 436 g/mol. The Labute approximate surface area is 166 Å². The summed E-state index contributed by atoms with van der Waals surface area (Å²) in [6.45, 7) is 2.52. The maximum atomic E-state index is 12.0. The standard InChI is InChI=1S/C14H17BrN2O3.C6H5F/c1-9(10-2-4-11(15)5-3-10)17-7-6-12(8-13(16)18)20-14(17)19;7-6-4-2-1-3-5-6/h2-5,9,12H,6-8H2,1H3,(H2,16,18);1-5H. The van der Waals surface area contributed by atoms with E-state index in [4.69, 9.17) is 10.5 Å². The Hall–Kier alpha value is -2.41. The summed E-state index contributed by atoms with van der Waals surface area (Å²) in [6, 6.07) is 15.7. The van der Waals surface area contributed by atoms with Gasteiger partial charge in [0, 0.05) is 17.4 Å². The molecule has 1 aliphatic heterocycles. The molecule has 1 aliphatic rings. The van der Waals surface area contributed by atoms with E-state index in [2.05, 4.69) is 15.9 Å². The highest BCUT2D eigenvalue weighted by molar-refractivity contribution is 9.10. The normalized spacial score (nSPS) is 17.4. The van der Waals surface area contributed by atoms with Crippen molar-refractivity contribution in [3.05, 3.63) is 70.5 Å². The molecular formula is C20H22BrFN2O3. The first-order valence-corrected chi connectivity index (χ1v) is 9.37. The van der Waals surface area contributed by atoms with Crippen molar-refractivity contribution in [2.24, 2.45) is 5.73 Å². The predicted octanol–water partition coefficient (Wildman–Crippen LogP) is 4.42. The third-order valence-corrected chi connectivity index (χ3v) is 4.70. The third kappa shape index (κ3) is 6.67. The van der Waals surface area contributed by atoms with Gasteiger partial charge in [-0.15, -0.1) is 0 Å². The van der Waals surface area contributed by atoms with Crippen LogP contribution in [0.1, 0.15) is 31.4 Å². The lowest BCUT2D eigenvalue weighted by Crippen LogP contribution is -2.44. The molecule has 2 aromatic rings. The van der Waals surface area contributed by atoms with Crippen molar-refractivity contribution in [1.82, 2.24) is 4.90 Å². The van der Waals surface area contributed by atoms with E-state index in [9.17, 15) is 14.0 Å². The summed E-state index contributed by atoms with van der Waals surface area (Å²) in [6.07, 6.45) is -0.0757. The van der Waals surface area contributed by atoms with Crippen LogP contribution in [0.2, 0.25) is 0 Å². The van der Waals surface area contributed by atoms with Gasteiger partial charge in [0.1, 0.15) is 11.9 Å². The highest BCUT2D eigenvalue weighted by Gasteiger charge is 2.31. The molecule has 0 radical (unpaired) electrons. The summed E-state index contributed by atoms with van der Waals surface area (Å²) < 4.78 is 18.2. The van der Waals surface area contributed by atoms with Crippen molar-refractivity contribution in [2.75, 3.05) is 6.54 Å². The number of hydrogen-bond acceptors (Lipinski definition) is 3. The Morgan fingerprint density at radius 2 is 1.89 bits per heavy atom. The SMILES string of the molecule is CC(c1ccc(Br)cc1)N1CCC(CC(N)=O)OC1=O.Fc1ccccc1. The minimum Gasteiger partial charge on any atom is -0.445 e. The fourth-order valence-electron chi connectivity index (χ4n) is 2.70. The lowest BCUT2D eigenvalue weighted by molar-refractivity contribution is -0.120. The largest absolute Gasteiger partial charge is 0.445 e. The van der Waals surface area contributed by atoms with Gasteiger partial charge in [-0.3, -0.25) is 4.79 Å². The molecule has 0 spiro atoms. The molecule has 2 unspecified atom stereocenters. The first kappa shape index (κ1) is 20.9. The minimum absolute atomic E-state index is 0.0647. The molecule has 0 aliphatic carbocycles.